The van der Waals surface area contributed by atoms with Crippen LogP contribution in [0.3, 0.4) is 0 Å². The van der Waals surface area contributed by atoms with Crippen LogP contribution in [0.5, 0.6) is 11.5 Å². The molecule has 0 radical (unpaired) electrons. The van der Waals surface area contributed by atoms with E-state index >= 15 is 0 Å². The average molecular weight is 532 g/mol. The molecular weight excluding hydrogens is 499 g/mol. The van der Waals surface area contributed by atoms with E-state index in [4.69, 9.17) is 14.5 Å². The maximum Gasteiger partial charge on any atom is 0.193 e. The number of halogens is 1. The van der Waals surface area contributed by atoms with Crippen molar-refractivity contribution in [2.24, 2.45) is 4.99 Å². The van der Waals surface area contributed by atoms with E-state index in [-0.39, 0.29) is 24.0 Å². The van der Waals surface area contributed by atoms with E-state index in [1.165, 1.54) is 10.4 Å². The van der Waals surface area contributed by atoms with Gasteiger partial charge in [0.15, 0.2) is 17.5 Å². The molecule has 0 aliphatic rings. The standard InChI is InChI=1S/C21H32N4O2S.HI/c1-7-22-21(23-12-10-20-15(2)24-16(3)28-20)25(4)13-11-17-8-9-18(26-5)19(14-17)27-6;/h8-9,14H,7,10-13H2,1-6H3,(H,22,23);1H. The number of aromatic nitrogens is 1. The Labute approximate surface area is 195 Å². The molecule has 0 saturated heterocycles. The van der Waals surface area contributed by atoms with Gasteiger partial charge in [-0.25, -0.2) is 4.98 Å². The fourth-order valence-corrected chi connectivity index (χ4v) is 3.90. The molecule has 1 aromatic heterocycles. The van der Waals surface area contributed by atoms with Gasteiger partial charge >= 0.3 is 0 Å². The highest BCUT2D eigenvalue weighted by Crippen LogP contribution is 2.27. The molecule has 1 aromatic carbocycles. The van der Waals surface area contributed by atoms with Crippen LogP contribution in [0.1, 0.15) is 28.1 Å². The summed E-state index contributed by atoms with van der Waals surface area (Å²) in [6.45, 7) is 8.68. The largest absolute Gasteiger partial charge is 0.493 e. The number of thiazole rings is 1. The first-order valence-electron chi connectivity index (χ1n) is 9.61. The number of aryl methyl sites for hydroxylation is 2. The summed E-state index contributed by atoms with van der Waals surface area (Å²) in [6.07, 6.45) is 1.82. The molecule has 0 unspecified atom stereocenters. The number of benzene rings is 1. The molecule has 0 saturated carbocycles. The Hall–Kier alpha value is -1.55. The molecule has 0 bridgehead atoms. The maximum absolute atomic E-state index is 5.40. The predicted molar refractivity (Wildman–Crippen MR) is 133 cm³/mol. The topological polar surface area (TPSA) is 59.0 Å². The average Bonchev–Trinajstić information content (AvgIpc) is 3.02. The minimum Gasteiger partial charge on any atom is -0.493 e. The van der Waals surface area contributed by atoms with E-state index in [1.807, 2.05) is 12.1 Å². The third-order valence-corrected chi connectivity index (χ3v) is 5.61. The summed E-state index contributed by atoms with van der Waals surface area (Å²) in [7, 11) is 5.39. The number of nitrogens with zero attached hydrogens (tertiary/aromatic N) is 3. The van der Waals surface area contributed by atoms with Crippen LogP contribution in [-0.4, -0.2) is 56.7 Å². The van der Waals surface area contributed by atoms with Gasteiger partial charge in [0.1, 0.15) is 0 Å². The Kier molecular flexibility index (Phi) is 11.3. The van der Waals surface area contributed by atoms with E-state index < -0.39 is 0 Å². The van der Waals surface area contributed by atoms with Crippen molar-refractivity contribution in [3.8, 4) is 11.5 Å². The Morgan fingerprint density at radius 3 is 2.48 bits per heavy atom. The van der Waals surface area contributed by atoms with Crippen LogP contribution in [0.2, 0.25) is 0 Å². The fourth-order valence-electron chi connectivity index (χ4n) is 2.98. The molecule has 29 heavy (non-hydrogen) atoms. The summed E-state index contributed by atoms with van der Waals surface area (Å²) in [5, 5.41) is 4.51. The highest BCUT2D eigenvalue weighted by molar-refractivity contribution is 14.0. The zero-order valence-electron chi connectivity index (χ0n) is 18.2. The number of nitrogens with one attached hydrogen (secondary N) is 1. The maximum atomic E-state index is 5.40. The molecule has 1 N–H and O–H groups in total. The normalized spacial score (nSPS) is 11.0. The second kappa shape index (κ2) is 12.9. The van der Waals surface area contributed by atoms with Crippen molar-refractivity contribution in [1.82, 2.24) is 15.2 Å². The first kappa shape index (κ1) is 25.5. The van der Waals surface area contributed by atoms with Gasteiger partial charge in [0.05, 0.1) is 24.9 Å². The van der Waals surface area contributed by atoms with E-state index in [9.17, 15) is 0 Å². The van der Waals surface area contributed by atoms with Gasteiger partial charge in [0.2, 0.25) is 0 Å². The second-order valence-corrected chi connectivity index (χ2v) is 7.88. The lowest BCUT2D eigenvalue weighted by atomic mass is 10.1. The molecule has 0 spiro atoms. The minimum absolute atomic E-state index is 0. The van der Waals surface area contributed by atoms with Gasteiger partial charge in [-0.15, -0.1) is 35.3 Å². The lowest BCUT2D eigenvalue weighted by Gasteiger charge is -2.22. The summed E-state index contributed by atoms with van der Waals surface area (Å²) in [6, 6.07) is 6.06. The van der Waals surface area contributed by atoms with Crippen LogP contribution in [0.15, 0.2) is 23.2 Å². The van der Waals surface area contributed by atoms with E-state index in [0.717, 1.165) is 60.6 Å². The zero-order chi connectivity index (χ0) is 20.5. The van der Waals surface area contributed by atoms with Crippen LogP contribution in [0.25, 0.3) is 0 Å². The summed E-state index contributed by atoms with van der Waals surface area (Å²) >= 11 is 1.77. The number of hydrogen-bond donors (Lipinski definition) is 1. The molecule has 1 heterocycles. The number of ether oxygens (including phenoxy) is 2. The van der Waals surface area contributed by atoms with Crippen LogP contribution >= 0.6 is 35.3 Å². The summed E-state index contributed by atoms with van der Waals surface area (Å²) in [4.78, 5) is 12.8. The van der Waals surface area contributed by atoms with Crippen LogP contribution < -0.4 is 14.8 Å². The van der Waals surface area contributed by atoms with Crippen molar-refractivity contribution in [3.63, 3.8) is 0 Å². The van der Waals surface area contributed by atoms with Crippen LogP contribution in [0.4, 0.5) is 0 Å². The molecular formula is C21H33IN4O2S. The highest BCUT2D eigenvalue weighted by Gasteiger charge is 2.09. The van der Waals surface area contributed by atoms with Gasteiger partial charge in [0, 0.05) is 38.0 Å². The third-order valence-electron chi connectivity index (χ3n) is 4.48. The molecule has 6 nitrogen and oxygen atoms in total. The third kappa shape index (κ3) is 7.65. The van der Waals surface area contributed by atoms with Crippen molar-refractivity contribution >= 4 is 41.3 Å². The number of aliphatic imine (C=N–C) groups is 1. The van der Waals surface area contributed by atoms with Gasteiger partial charge in [-0.1, -0.05) is 6.07 Å². The van der Waals surface area contributed by atoms with Crippen LogP contribution in [-0.2, 0) is 12.8 Å². The first-order chi connectivity index (χ1) is 13.5. The Bertz CT molecular complexity index is 795. The molecule has 8 heteroatoms. The molecule has 0 amide bonds. The van der Waals surface area contributed by atoms with Crippen LogP contribution in [0, 0.1) is 13.8 Å². The quantitative estimate of drug-likeness (QED) is 0.300. The predicted octanol–water partition coefficient (Wildman–Crippen LogP) is 4.08. The van der Waals surface area contributed by atoms with Gasteiger partial charge in [0.25, 0.3) is 0 Å². The Morgan fingerprint density at radius 1 is 1.17 bits per heavy atom. The van der Waals surface area contributed by atoms with Crippen molar-refractivity contribution in [2.75, 3.05) is 40.9 Å². The number of likely N-dealkylation sites (N-methyl/N-ethyl adjacent to an activating group) is 1. The highest BCUT2D eigenvalue weighted by atomic mass is 127. The Morgan fingerprint density at radius 2 is 1.90 bits per heavy atom. The van der Waals surface area contributed by atoms with Crippen molar-refractivity contribution in [2.45, 2.75) is 33.6 Å². The van der Waals surface area contributed by atoms with Crippen molar-refractivity contribution < 1.29 is 9.47 Å². The molecule has 0 atom stereocenters. The minimum atomic E-state index is 0. The fraction of sp³-hybridized carbons (Fsp3) is 0.524. The number of rotatable bonds is 9. The number of methoxy groups -OCH3 is 2. The van der Waals surface area contributed by atoms with Gasteiger partial charge in [-0.05, 0) is 44.9 Å². The number of hydrogen-bond acceptors (Lipinski definition) is 5. The van der Waals surface area contributed by atoms with Gasteiger partial charge in [-0.3, -0.25) is 4.99 Å². The smallest absolute Gasteiger partial charge is 0.193 e. The molecule has 162 valence electrons. The first-order valence-corrected chi connectivity index (χ1v) is 10.4. The Balaban J connectivity index is 0.00000420. The SMILES string of the molecule is CCNC(=NCCc1sc(C)nc1C)N(C)CCc1ccc(OC)c(OC)c1.I. The number of guanidine groups is 1. The summed E-state index contributed by atoms with van der Waals surface area (Å²) < 4.78 is 10.7. The molecule has 2 aromatic rings. The van der Waals surface area contributed by atoms with Gasteiger partial charge in [-0.2, -0.15) is 0 Å². The van der Waals surface area contributed by atoms with Crippen molar-refractivity contribution in [3.05, 3.63) is 39.3 Å². The monoisotopic (exact) mass is 532 g/mol. The second-order valence-electron chi connectivity index (χ2n) is 6.59. The molecule has 2 rings (SSSR count). The molecule has 0 aliphatic heterocycles. The van der Waals surface area contributed by atoms with E-state index in [1.54, 1.807) is 25.6 Å². The molecule has 0 aliphatic carbocycles. The van der Waals surface area contributed by atoms with E-state index in [2.05, 4.69) is 49.1 Å². The van der Waals surface area contributed by atoms with Crippen molar-refractivity contribution in [1.29, 1.82) is 0 Å². The lowest BCUT2D eigenvalue weighted by molar-refractivity contribution is 0.354. The van der Waals surface area contributed by atoms with Gasteiger partial charge < -0.3 is 19.7 Å². The molecule has 0 fully saturated rings. The van der Waals surface area contributed by atoms with E-state index in [0.29, 0.717) is 0 Å². The summed E-state index contributed by atoms with van der Waals surface area (Å²) in [5.74, 6) is 2.45. The zero-order valence-corrected chi connectivity index (χ0v) is 21.4. The summed E-state index contributed by atoms with van der Waals surface area (Å²) in [5.41, 5.74) is 2.33. The lowest BCUT2D eigenvalue weighted by Crippen LogP contribution is -2.40.